The van der Waals surface area contributed by atoms with E-state index in [1.54, 1.807) is 0 Å². The van der Waals surface area contributed by atoms with E-state index in [0.717, 1.165) is 11.3 Å². The number of Topliss-reactive ketones (excluding diaryl/α,β-unsaturated/α-hetero) is 1. The van der Waals surface area contributed by atoms with E-state index in [1.807, 2.05) is 67.6 Å². The number of carbonyl (C=O) groups excluding carboxylic acids is 1. The fraction of sp³-hybridized carbons (Fsp3) is 0.0833. The SMILES string of the molecule is C/C(=N/N=C(\C(=O)c1ccccc1)c1ccccc1)C(C)[P+](c1ccccc1)(c1ccccc1)c1ccccc1. The lowest BCUT2D eigenvalue weighted by Gasteiger charge is -2.32. The normalized spacial score (nSPS) is 13.1. The van der Waals surface area contributed by atoms with E-state index in [-0.39, 0.29) is 11.4 Å². The van der Waals surface area contributed by atoms with Crippen LogP contribution in [0.1, 0.15) is 29.8 Å². The Morgan fingerprint density at radius 3 is 1.27 bits per heavy atom. The van der Waals surface area contributed by atoms with E-state index in [2.05, 4.69) is 103 Å². The zero-order valence-electron chi connectivity index (χ0n) is 22.8. The second-order valence-corrected chi connectivity index (χ2v) is 13.4. The van der Waals surface area contributed by atoms with Crippen LogP contribution in [0, 0.1) is 0 Å². The van der Waals surface area contributed by atoms with Crippen molar-refractivity contribution in [2.75, 3.05) is 0 Å². The van der Waals surface area contributed by atoms with Crippen molar-refractivity contribution in [2.45, 2.75) is 19.5 Å². The summed E-state index contributed by atoms with van der Waals surface area (Å²) in [6.07, 6.45) is 0. The molecular formula is C36H32N2OP+. The second kappa shape index (κ2) is 12.6. The molecule has 40 heavy (non-hydrogen) atoms. The number of rotatable bonds is 9. The van der Waals surface area contributed by atoms with Crippen LogP contribution in [0.15, 0.2) is 162 Å². The molecule has 0 bridgehead atoms. The van der Waals surface area contributed by atoms with Crippen molar-refractivity contribution in [2.24, 2.45) is 10.2 Å². The van der Waals surface area contributed by atoms with Gasteiger partial charge in [-0.25, -0.2) is 0 Å². The Kier molecular flexibility index (Phi) is 8.54. The van der Waals surface area contributed by atoms with Gasteiger partial charge in [-0.2, -0.15) is 5.10 Å². The quantitative estimate of drug-likeness (QED) is 0.0851. The van der Waals surface area contributed by atoms with Gasteiger partial charge >= 0.3 is 0 Å². The fourth-order valence-corrected chi connectivity index (χ4v) is 9.93. The topological polar surface area (TPSA) is 41.8 Å². The van der Waals surface area contributed by atoms with Crippen molar-refractivity contribution in [3.63, 3.8) is 0 Å². The molecule has 1 atom stereocenters. The summed E-state index contributed by atoms with van der Waals surface area (Å²) in [6, 6.07) is 51.1. The molecule has 5 rings (SSSR count). The Morgan fingerprint density at radius 2 is 0.875 bits per heavy atom. The maximum Gasteiger partial charge on any atom is 0.213 e. The highest BCUT2D eigenvalue weighted by Crippen LogP contribution is 2.60. The summed E-state index contributed by atoms with van der Waals surface area (Å²) >= 11 is 0. The summed E-state index contributed by atoms with van der Waals surface area (Å²) in [5.41, 5.74) is 2.56. The van der Waals surface area contributed by atoms with Gasteiger partial charge in [-0.05, 0) is 50.2 Å². The van der Waals surface area contributed by atoms with Crippen molar-refractivity contribution in [3.8, 4) is 0 Å². The summed E-state index contributed by atoms with van der Waals surface area (Å²) in [6.45, 7) is 4.28. The Labute approximate surface area is 237 Å². The van der Waals surface area contributed by atoms with Crippen molar-refractivity contribution in [3.05, 3.63) is 163 Å². The average molecular weight is 540 g/mol. The number of benzene rings is 5. The molecule has 0 aromatic heterocycles. The van der Waals surface area contributed by atoms with E-state index in [9.17, 15) is 4.79 Å². The number of carbonyl (C=O) groups is 1. The lowest BCUT2D eigenvalue weighted by atomic mass is 10.0. The average Bonchev–Trinajstić information content (AvgIpc) is 3.04. The van der Waals surface area contributed by atoms with Gasteiger partial charge in [0.2, 0.25) is 5.78 Å². The number of ketones is 1. The molecule has 0 spiro atoms. The third-order valence-electron chi connectivity index (χ3n) is 7.28. The molecule has 196 valence electrons. The van der Waals surface area contributed by atoms with Gasteiger partial charge in [-0.3, -0.25) is 4.79 Å². The molecule has 0 aliphatic heterocycles. The molecule has 0 aliphatic rings. The van der Waals surface area contributed by atoms with Gasteiger partial charge in [-0.1, -0.05) is 115 Å². The Bertz CT molecular complexity index is 1500. The maximum atomic E-state index is 13.6. The van der Waals surface area contributed by atoms with Crippen molar-refractivity contribution < 1.29 is 4.79 Å². The first kappa shape index (κ1) is 27.1. The fourth-order valence-electron chi connectivity index (χ4n) is 5.16. The van der Waals surface area contributed by atoms with Crippen LogP contribution >= 0.6 is 7.26 Å². The van der Waals surface area contributed by atoms with Gasteiger partial charge < -0.3 is 0 Å². The monoisotopic (exact) mass is 539 g/mol. The molecule has 0 saturated carbocycles. The van der Waals surface area contributed by atoms with Crippen molar-refractivity contribution in [1.29, 1.82) is 0 Å². The molecule has 1 unspecified atom stereocenters. The Hall–Kier alpha value is -4.46. The van der Waals surface area contributed by atoms with Crippen LogP contribution in [0.25, 0.3) is 0 Å². The third kappa shape index (κ3) is 5.47. The first-order valence-corrected chi connectivity index (χ1v) is 15.3. The van der Waals surface area contributed by atoms with E-state index in [0.29, 0.717) is 11.3 Å². The summed E-state index contributed by atoms with van der Waals surface area (Å²) in [7, 11) is -2.20. The van der Waals surface area contributed by atoms with Crippen LogP contribution in [-0.4, -0.2) is 22.9 Å². The lowest BCUT2D eigenvalue weighted by Crippen LogP contribution is -2.40. The molecule has 4 heteroatoms. The predicted octanol–water partition coefficient (Wildman–Crippen LogP) is 7.12. The predicted molar refractivity (Wildman–Crippen MR) is 171 cm³/mol. The van der Waals surface area contributed by atoms with Gasteiger partial charge in [0.05, 0.1) is 5.71 Å². The van der Waals surface area contributed by atoms with Gasteiger partial charge in [0.25, 0.3) is 0 Å². The molecule has 0 N–H and O–H groups in total. The van der Waals surface area contributed by atoms with Crippen molar-refractivity contribution in [1.82, 2.24) is 0 Å². The minimum Gasteiger partial charge on any atom is -0.287 e. The molecular weight excluding hydrogens is 507 g/mol. The molecule has 5 aromatic rings. The smallest absolute Gasteiger partial charge is 0.213 e. The Morgan fingerprint density at radius 1 is 0.525 bits per heavy atom. The van der Waals surface area contributed by atoms with Crippen LogP contribution < -0.4 is 15.9 Å². The van der Waals surface area contributed by atoms with Crippen LogP contribution in [-0.2, 0) is 0 Å². The molecule has 0 amide bonds. The zero-order chi connectivity index (χ0) is 27.8. The number of hydrogen-bond donors (Lipinski definition) is 0. The minimum absolute atomic E-state index is 0.0206. The van der Waals surface area contributed by atoms with Crippen LogP contribution in [0.2, 0.25) is 0 Å². The number of nitrogens with zero attached hydrogens (tertiary/aromatic N) is 2. The van der Waals surface area contributed by atoms with E-state index in [1.165, 1.54) is 15.9 Å². The van der Waals surface area contributed by atoms with Gasteiger partial charge in [0.1, 0.15) is 34.5 Å². The highest BCUT2D eigenvalue weighted by molar-refractivity contribution is 7.96. The summed E-state index contributed by atoms with van der Waals surface area (Å²) in [5.74, 6) is -0.147. The Balaban J connectivity index is 1.68. The van der Waals surface area contributed by atoms with Gasteiger partial charge in [0, 0.05) is 11.1 Å². The van der Waals surface area contributed by atoms with Gasteiger partial charge in [-0.15, -0.1) is 5.10 Å². The standard InChI is InChI=1S/C36H32N2OP/c1-28(37-38-35(30-18-8-3-9-19-30)36(39)31-20-10-4-11-21-31)29(2)40(32-22-12-5-13-23-32,33-24-14-6-15-25-33)34-26-16-7-17-27-34/h3-27,29H,1-2H3/q+1/b37-28-,38-35-. The first-order valence-electron chi connectivity index (χ1n) is 13.4. The highest BCUT2D eigenvalue weighted by atomic mass is 31.2. The third-order valence-corrected chi connectivity index (χ3v) is 12.2. The van der Waals surface area contributed by atoms with E-state index in [4.69, 9.17) is 5.10 Å². The molecule has 0 heterocycles. The largest absolute Gasteiger partial charge is 0.287 e. The van der Waals surface area contributed by atoms with Crippen LogP contribution in [0.3, 0.4) is 0 Å². The van der Waals surface area contributed by atoms with E-state index >= 15 is 0 Å². The number of hydrogen-bond acceptors (Lipinski definition) is 3. The van der Waals surface area contributed by atoms with Crippen molar-refractivity contribution >= 4 is 40.4 Å². The van der Waals surface area contributed by atoms with Crippen LogP contribution in [0.4, 0.5) is 0 Å². The summed E-state index contributed by atoms with van der Waals surface area (Å²) in [4.78, 5) is 13.6. The summed E-state index contributed by atoms with van der Waals surface area (Å²) in [5, 5.41) is 13.3. The molecule has 0 aliphatic carbocycles. The summed E-state index contributed by atoms with van der Waals surface area (Å²) < 4.78 is 0. The molecule has 3 nitrogen and oxygen atoms in total. The molecule has 5 aromatic carbocycles. The maximum absolute atomic E-state index is 13.6. The van der Waals surface area contributed by atoms with Gasteiger partial charge in [0.15, 0.2) is 0 Å². The first-order chi connectivity index (χ1) is 19.6. The molecule has 0 fully saturated rings. The minimum atomic E-state index is -2.20. The lowest BCUT2D eigenvalue weighted by molar-refractivity contribution is 0.106. The zero-order valence-corrected chi connectivity index (χ0v) is 23.7. The molecule has 0 saturated heterocycles. The van der Waals surface area contributed by atoms with E-state index < -0.39 is 7.26 Å². The van der Waals surface area contributed by atoms with Crippen LogP contribution in [0.5, 0.6) is 0 Å². The second-order valence-electron chi connectivity index (χ2n) is 9.66. The highest BCUT2D eigenvalue weighted by Gasteiger charge is 2.51. The molecule has 0 radical (unpaired) electrons.